The molecule has 0 aliphatic rings. The lowest BCUT2D eigenvalue weighted by Crippen LogP contribution is -2.45. The van der Waals surface area contributed by atoms with Crippen LogP contribution in [0.1, 0.15) is 13.3 Å². The summed E-state index contributed by atoms with van der Waals surface area (Å²) in [5.74, 6) is 6.20. The maximum Gasteiger partial charge on any atom is 0.327 e. The molecule has 5 heteroatoms. The minimum atomic E-state index is -1.16. The second-order valence-corrected chi connectivity index (χ2v) is 2.55. The molecule has 1 atom stereocenters. The van der Waals surface area contributed by atoms with Gasteiger partial charge in [0.15, 0.2) is 0 Å². The van der Waals surface area contributed by atoms with Crippen LogP contribution in [0.5, 0.6) is 0 Å². The number of carbonyl (C=O) groups excluding carboxylic acids is 1. The van der Waals surface area contributed by atoms with Gasteiger partial charge in [-0.05, 0) is 6.92 Å². The van der Waals surface area contributed by atoms with Crippen LogP contribution in [-0.4, -0.2) is 29.7 Å². The number of terminal acetylenes is 1. The van der Waals surface area contributed by atoms with Crippen LogP contribution < -0.4 is 10.6 Å². The van der Waals surface area contributed by atoms with E-state index in [1.165, 1.54) is 0 Å². The number of rotatable bonds is 4. The Morgan fingerprint density at radius 2 is 2.20 bits per heavy atom. The van der Waals surface area contributed by atoms with Gasteiger partial charge in [-0.3, -0.25) is 0 Å². The number of urea groups is 1. The van der Waals surface area contributed by atoms with Gasteiger partial charge in [-0.15, -0.1) is 18.3 Å². The summed E-state index contributed by atoms with van der Waals surface area (Å²) in [5.41, 5.74) is 0. The van der Waals surface area contributed by atoms with Gasteiger partial charge in [-0.1, -0.05) is 5.92 Å². The lowest BCUT2D eigenvalue weighted by Gasteiger charge is -2.11. The van der Waals surface area contributed by atoms with Crippen LogP contribution in [0.25, 0.3) is 0 Å². The highest BCUT2D eigenvalue weighted by molar-refractivity contribution is 5.82. The first-order valence-electron chi connectivity index (χ1n) is 4.22. The summed E-state index contributed by atoms with van der Waals surface area (Å²) in [4.78, 5) is 21.7. The van der Waals surface area contributed by atoms with Crippen LogP contribution >= 0.6 is 0 Å². The molecular formula is C10H12N2O3. The van der Waals surface area contributed by atoms with Gasteiger partial charge in [-0.25, -0.2) is 9.59 Å². The largest absolute Gasteiger partial charge is 0.480 e. The molecule has 15 heavy (non-hydrogen) atoms. The predicted molar refractivity (Wildman–Crippen MR) is 54.9 cm³/mol. The van der Waals surface area contributed by atoms with E-state index in [1.54, 1.807) is 6.92 Å². The number of hydrogen-bond acceptors (Lipinski definition) is 2. The summed E-state index contributed by atoms with van der Waals surface area (Å²) in [6.07, 6.45) is 4.90. The zero-order chi connectivity index (χ0) is 11.7. The molecule has 0 saturated carbocycles. The van der Waals surface area contributed by atoms with E-state index in [1.807, 2.05) is 0 Å². The van der Waals surface area contributed by atoms with Gasteiger partial charge in [-0.2, -0.15) is 0 Å². The molecule has 0 bridgehead atoms. The molecule has 0 aromatic rings. The van der Waals surface area contributed by atoms with E-state index in [9.17, 15) is 9.59 Å². The molecule has 0 aliphatic carbocycles. The zero-order valence-electron chi connectivity index (χ0n) is 8.33. The van der Waals surface area contributed by atoms with Gasteiger partial charge in [0, 0.05) is 6.42 Å². The molecule has 0 aliphatic heterocycles. The van der Waals surface area contributed by atoms with Crippen LogP contribution in [-0.2, 0) is 4.79 Å². The minimum Gasteiger partial charge on any atom is -0.480 e. The topological polar surface area (TPSA) is 78.4 Å². The third-order valence-corrected chi connectivity index (χ3v) is 1.44. The average Bonchev–Trinajstić information content (AvgIpc) is 2.17. The Balaban J connectivity index is 4.04. The molecule has 80 valence electrons. The SMILES string of the molecule is C#CCC(NC(=O)NCC#CC)C(=O)O. The van der Waals surface area contributed by atoms with Crippen molar-refractivity contribution in [3.63, 3.8) is 0 Å². The van der Waals surface area contributed by atoms with Crippen LogP contribution in [0, 0.1) is 24.2 Å². The molecule has 0 rings (SSSR count). The smallest absolute Gasteiger partial charge is 0.327 e. The highest BCUT2D eigenvalue weighted by Gasteiger charge is 2.17. The first kappa shape index (κ1) is 12.9. The van der Waals surface area contributed by atoms with Gasteiger partial charge in [0.2, 0.25) is 0 Å². The molecule has 0 aromatic heterocycles. The maximum atomic E-state index is 11.1. The summed E-state index contributed by atoms with van der Waals surface area (Å²) in [5, 5.41) is 13.2. The lowest BCUT2D eigenvalue weighted by molar-refractivity contribution is -0.139. The molecule has 0 heterocycles. The molecule has 0 saturated heterocycles. The number of carbonyl (C=O) groups is 2. The average molecular weight is 208 g/mol. The molecule has 3 N–H and O–H groups in total. The van der Waals surface area contributed by atoms with Gasteiger partial charge in [0.1, 0.15) is 6.04 Å². The first-order valence-corrected chi connectivity index (χ1v) is 4.22. The Morgan fingerprint density at radius 1 is 1.53 bits per heavy atom. The van der Waals surface area contributed by atoms with Gasteiger partial charge in [0.25, 0.3) is 0 Å². The number of carboxylic acids is 1. The normalized spacial score (nSPS) is 10.1. The quantitative estimate of drug-likeness (QED) is 0.559. The first-order chi connectivity index (χ1) is 7.11. The highest BCUT2D eigenvalue weighted by atomic mass is 16.4. The number of nitrogens with one attached hydrogen (secondary N) is 2. The predicted octanol–water partition coefficient (Wildman–Crippen LogP) is -0.215. The van der Waals surface area contributed by atoms with E-state index in [-0.39, 0.29) is 13.0 Å². The fourth-order valence-corrected chi connectivity index (χ4v) is 0.740. The van der Waals surface area contributed by atoms with Crippen molar-refractivity contribution in [3.8, 4) is 24.2 Å². The van der Waals surface area contributed by atoms with E-state index < -0.39 is 18.0 Å². The fraction of sp³-hybridized carbons (Fsp3) is 0.400. The number of hydrogen-bond donors (Lipinski definition) is 3. The van der Waals surface area contributed by atoms with Crippen LogP contribution in [0.3, 0.4) is 0 Å². The summed E-state index contributed by atoms with van der Waals surface area (Å²) < 4.78 is 0. The molecule has 5 nitrogen and oxygen atoms in total. The van der Waals surface area contributed by atoms with E-state index in [0.29, 0.717) is 0 Å². The third-order valence-electron chi connectivity index (χ3n) is 1.44. The van der Waals surface area contributed by atoms with Crippen molar-refractivity contribution < 1.29 is 14.7 Å². The monoisotopic (exact) mass is 208 g/mol. The number of carboxylic acid groups (broad SMARTS) is 1. The Bertz CT molecular complexity index is 333. The van der Waals surface area contributed by atoms with E-state index >= 15 is 0 Å². The summed E-state index contributed by atoms with van der Waals surface area (Å²) in [6, 6.07) is -1.66. The minimum absolute atomic E-state index is 0.0534. The summed E-state index contributed by atoms with van der Waals surface area (Å²) >= 11 is 0. The zero-order valence-corrected chi connectivity index (χ0v) is 8.33. The molecule has 0 fully saturated rings. The Kier molecular flexibility index (Phi) is 6.24. The van der Waals surface area contributed by atoms with E-state index in [2.05, 4.69) is 28.4 Å². The van der Waals surface area contributed by atoms with E-state index in [4.69, 9.17) is 11.5 Å². The molecule has 2 amide bonds. The van der Waals surface area contributed by atoms with Crippen LogP contribution in [0.4, 0.5) is 4.79 Å². The van der Waals surface area contributed by atoms with Crippen molar-refractivity contribution in [2.75, 3.05) is 6.54 Å². The highest BCUT2D eigenvalue weighted by Crippen LogP contribution is 1.89. The second-order valence-electron chi connectivity index (χ2n) is 2.55. The number of aliphatic carboxylic acids is 1. The molecule has 0 aromatic carbocycles. The van der Waals surface area contributed by atoms with Crippen LogP contribution in [0.2, 0.25) is 0 Å². The van der Waals surface area contributed by atoms with Crippen LogP contribution in [0.15, 0.2) is 0 Å². The Morgan fingerprint density at radius 3 is 2.67 bits per heavy atom. The second kappa shape index (κ2) is 7.28. The molecular weight excluding hydrogens is 196 g/mol. The Labute approximate surface area is 88.2 Å². The Hall–Kier alpha value is -2.14. The molecule has 0 radical (unpaired) electrons. The fourth-order valence-electron chi connectivity index (χ4n) is 0.740. The summed E-state index contributed by atoms with van der Waals surface area (Å²) in [6.45, 7) is 1.81. The van der Waals surface area contributed by atoms with Gasteiger partial charge >= 0.3 is 12.0 Å². The van der Waals surface area contributed by atoms with Crippen molar-refractivity contribution in [2.24, 2.45) is 0 Å². The van der Waals surface area contributed by atoms with Crippen molar-refractivity contribution in [3.05, 3.63) is 0 Å². The van der Waals surface area contributed by atoms with Crippen molar-refractivity contribution in [1.29, 1.82) is 0 Å². The molecule has 0 spiro atoms. The van der Waals surface area contributed by atoms with E-state index in [0.717, 1.165) is 0 Å². The van der Waals surface area contributed by atoms with Crippen molar-refractivity contribution in [1.82, 2.24) is 10.6 Å². The number of amides is 2. The standard InChI is InChI=1S/C10H12N2O3/c1-3-5-7-11-10(15)12-8(6-4-2)9(13)14/h2,8H,6-7H2,1H3,(H,13,14)(H2,11,12,15). The van der Waals surface area contributed by atoms with Gasteiger partial charge < -0.3 is 15.7 Å². The van der Waals surface area contributed by atoms with Gasteiger partial charge in [0.05, 0.1) is 6.54 Å². The maximum absolute atomic E-state index is 11.1. The van der Waals surface area contributed by atoms with Crippen molar-refractivity contribution >= 4 is 12.0 Å². The van der Waals surface area contributed by atoms with Crippen molar-refractivity contribution in [2.45, 2.75) is 19.4 Å². The molecule has 1 unspecified atom stereocenters. The lowest BCUT2D eigenvalue weighted by atomic mass is 10.2. The third kappa shape index (κ3) is 6.00. The summed E-state index contributed by atoms with van der Waals surface area (Å²) in [7, 11) is 0.